The van der Waals surface area contributed by atoms with Gasteiger partial charge in [-0.05, 0) is 61.9 Å². The number of nitrogens with one attached hydrogen (secondary N) is 2. The summed E-state index contributed by atoms with van der Waals surface area (Å²) in [6.45, 7) is 3.74. The lowest BCUT2D eigenvalue weighted by Gasteiger charge is -2.12. The fourth-order valence-corrected chi connectivity index (χ4v) is 3.92. The van der Waals surface area contributed by atoms with Crippen LogP contribution in [-0.4, -0.2) is 26.9 Å². The van der Waals surface area contributed by atoms with Gasteiger partial charge in [-0.25, -0.2) is 13.2 Å². The fraction of sp³-hybridized carbons (Fsp3) is 0.130. The van der Waals surface area contributed by atoms with Crippen LogP contribution in [-0.2, 0) is 14.8 Å². The third kappa shape index (κ3) is 5.49. The highest BCUT2D eigenvalue weighted by Gasteiger charge is 2.17. The van der Waals surface area contributed by atoms with E-state index >= 15 is 0 Å². The average Bonchev–Trinajstić information content (AvgIpc) is 2.76. The summed E-state index contributed by atoms with van der Waals surface area (Å²) in [6, 6.07) is 19.0. The molecular formula is C23H22N2O5S. The number of para-hydroxylation sites is 1. The van der Waals surface area contributed by atoms with E-state index in [1.54, 1.807) is 56.3 Å². The second-order valence-electron chi connectivity index (χ2n) is 6.70. The number of amides is 1. The van der Waals surface area contributed by atoms with Gasteiger partial charge in [0.25, 0.3) is 15.9 Å². The number of carbonyl (C=O) groups excluding carboxylic acids is 2. The summed E-state index contributed by atoms with van der Waals surface area (Å²) in [4.78, 5) is 24.7. The molecule has 0 atom stereocenters. The molecule has 0 unspecified atom stereocenters. The Kier molecular flexibility index (Phi) is 6.71. The number of esters is 1. The largest absolute Gasteiger partial charge is 0.462 e. The number of aryl methyl sites for hydroxylation is 1. The molecular weight excluding hydrogens is 416 g/mol. The maximum Gasteiger partial charge on any atom is 0.338 e. The number of anilines is 2. The van der Waals surface area contributed by atoms with Crippen LogP contribution in [0.3, 0.4) is 0 Å². The molecule has 0 aliphatic rings. The van der Waals surface area contributed by atoms with E-state index in [9.17, 15) is 18.0 Å². The molecule has 3 aromatic carbocycles. The summed E-state index contributed by atoms with van der Waals surface area (Å²) < 4.78 is 32.8. The summed E-state index contributed by atoms with van der Waals surface area (Å²) in [5, 5.41) is 2.73. The molecule has 2 N–H and O–H groups in total. The lowest BCUT2D eigenvalue weighted by Crippen LogP contribution is -2.16. The van der Waals surface area contributed by atoms with Crippen LogP contribution in [0.5, 0.6) is 0 Å². The van der Waals surface area contributed by atoms with Crippen LogP contribution in [0.4, 0.5) is 11.4 Å². The molecule has 3 rings (SSSR count). The molecule has 0 spiro atoms. The zero-order chi connectivity index (χ0) is 22.4. The van der Waals surface area contributed by atoms with Crippen LogP contribution in [0.15, 0.2) is 77.7 Å². The normalized spacial score (nSPS) is 10.9. The van der Waals surface area contributed by atoms with Crippen molar-refractivity contribution in [1.29, 1.82) is 0 Å². The minimum absolute atomic E-state index is 0.0407. The lowest BCUT2D eigenvalue weighted by atomic mass is 10.1. The molecule has 0 bridgehead atoms. The number of rotatable bonds is 7. The van der Waals surface area contributed by atoms with Crippen molar-refractivity contribution in [1.82, 2.24) is 0 Å². The average molecular weight is 439 g/mol. The van der Waals surface area contributed by atoms with Crippen molar-refractivity contribution in [2.45, 2.75) is 18.7 Å². The van der Waals surface area contributed by atoms with Gasteiger partial charge >= 0.3 is 5.97 Å². The quantitative estimate of drug-likeness (QED) is 0.538. The molecule has 160 valence electrons. The van der Waals surface area contributed by atoms with Crippen LogP contribution in [0.25, 0.3) is 0 Å². The third-order valence-corrected chi connectivity index (χ3v) is 5.81. The first-order valence-corrected chi connectivity index (χ1v) is 11.1. The molecule has 0 aliphatic carbocycles. The number of ether oxygens (including phenoxy) is 1. The van der Waals surface area contributed by atoms with Crippen molar-refractivity contribution in [3.63, 3.8) is 0 Å². The van der Waals surface area contributed by atoms with E-state index in [0.717, 1.165) is 5.56 Å². The van der Waals surface area contributed by atoms with Crippen LogP contribution in [0, 0.1) is 6.92 Å². The van der Waals surface area contributed by atoms with E-state index in [-0.39, 0.29) is 17.1 Å². The molecule has 0 saturated heterocycles. The van der Waals surface area contributed by atoms with Gasteiger partial charge < -0.3 is 10.1 Å². The Morgan fingerprint density at radius 3 is 2.35 bits per heavy atom. The predicted octanol–water partition coefficient (Wildman–Crippen LogP) is 4.22. The minimum atomic E-state index is -3.87. The molecule has 3 aromatic rings. The smallest absolute Gasteiger partial charge is 0.338 e. The standard InChI is InChI=1S/C23H22N2O5S/c1-3-30-23(27)18-13-12-16(2)21(15-18)24-22(26)17-8-7-11-20(14-17)31(28,29)25-19-9-5-4-6-10-19/h4-15,25H,3H2,1-2H3,(H,24,26). The van der Waals surface area contributed by atoms with Gasteiger partial charge in [0.15, 0.2) is 0 Å². The zero-order valence-electron chi connectivity index (χ0n) is 17.1. The molecule has 7 nitrogen and oxygen atoms in total. The topological polar surface area (TPSA) is 102 Å². The van der Waals surface area contributed by atoms with E-state index < -0.39 is 21.9 Å². The monoisotopic (exact) mass is 438 g/mol. The van der Waals surface area contributed by atoms with E-state index in [0.29, 0.717) is 16.9 Å². The van der Waals surface area contributed by atoms with Crippen LogP contribution in [0.2, 0.25) is 0 Å². The molecule has 31 heavy (non-hydrogen) atoms. The van der Waals surface area contributed by atoms with Crippen molar-refractivity contribution in [2.24, 2.45) is 0 Å². The molecule has 0 aliphatic heterocycles. The predicted molar refractivity (Wildman–Crippen MR) is 119 cm³/mol. The van der Waals surface area contributed by atoms with Gasteiger partial charge in [0, 0.05) is 16.9 Å². The van der Waals surface area contributed by atoms with Gasteiger partial charge in [0.2, 0.25) is 0 Å². The van der Waals surface area contributed by atoms with Crippen molar-refractivity contribution in [3.8, 4) is 0 Å². The number of carbonyl (C=O) groups is 2. The van der Waals surface area contributed by atoms with Crippen LogP contribution in [0.1, 0.15) is 33.2 Å². The second kappa shape index (κ2) is 9.44. The second-order valence-corrected chi connectivity index (χ2v) is 8.39. The highest BCUT2D eigenvalue weighted by Crippen LogP contribution is 2.21. The molecule has 0 saturated carbocycles. The summed E-state index contributed by atoms with van der Waals surface area (Å²) >= 11 is 0. The number of sulfonamides is 1. The van der Waals surface area contributed by atoms with E-state index in [2.05, 4.69) is 10.0 Å². The van der Waals surface area contributed by atoms with E-state index in [1.807, 2.05) is 0 Å². The maximum absolute atomic E-state index is 12.8. The molecule has 8 heteroatoms. The molecule has 1 amide bonds. The SMILES string of the molecule is CCOC(=O)c1ccc(C)c(NC(=O)c2cccc(S(=O)(=O)Nc3ccccc3)c2)c1. The zero-order valence-corrected chi connectivity index (χ0v) is 17.9. The first kappa shape index (κ1) is 22.0. The Labute approximate surface area is 181 Å². The molecule has 0 radical (unpaired) electrons. The molecule has 0 heterocycles. The Morgan fingerprint density at radius 2 is 1.65 bits per heavy atom. The highest BCUT2D eigenvalue weighted by atomic mass is 32.2. The Hall–Kier alpha value is -3.65. The number of benzene rings is 3. The van der Waals surface area contributed by atoms with Crippen molar-refractivity contribution >= 4 is 33.3 Å². The first-order chi connectivity index (χ1) is 14.8. The summed E-state index contributed by atoms with van der Waals surface area (Å²) in [6.07, 6.45) is 0. The van der Waals surface area contributed by atoms with Crippen molar-refractivity contribution < 1.29 is 22.7 Å². The van der Waals surface area contributed by atoms with Gasteiger partial charge in [-0.15, -0.1) is 0 Å². The first-order valence-electron chi connectivity index (χ1n) is 9.57. The highest BCUT2D eigenvalue weighted by molar-refractivity contribution is 7.92. The third-order valence-electron chi connectivity index (χ3n) is 4.43. The van der Waals surface area contributed by atoms with Crippen molar-refractivity contribution in [2.75, 3.05) is 16.6 Å². The summed E-state index contributed by atoms with van der Waals surface area (Å²) in [7, 11) is -3.87. The Balaban J connectivity index is 1.82. The van der Waals surface area contributed by atoms with Crippen LogP contribution >= 0.6 is 0 Å². The van der Waals surface area contributed by atoms with E-state index in [4.69, 9.17) is 4.74 Å². The lowest BCUT2D eigenvalue weighted by molar-refractivity contribution is 0.0526. The van der Waals surface area contributed by atoms with Crippen LogP contribution < -0.4 is 10.0 Å². The summed E-state index contributed by atoms with van der Waals surface area (Å²) in [5.41, 5.74) is 2.08. The molecule has 0 aromatic heterocycles. The van der Waals surface area contributed by atoms with Gasteiger partial charge in [-0.3, -0.25) is 9.52 Å². The fourth-order valence-electron chi connectivity index (χ4n) is 2.82. The Bertz CT molecular complexity index is 1210. The minimum Gasteiger partial charge on any atom is -0.462 e. The van der Waals surface area contributed by atoms with Gasteiger partial charge in [0.1, 0.15) is 0 Å². The number of hydrogen-bond acceptors (Lipinski definition) is 5. The maximum atomic E-state index is 12.8. The van der Waals surface area contributed by atoms with Gasteiger partial charge in [0.05, 0.1) is 17.1 Å². The number of hydrogen-bond donors (Lipinski definition) is 2. The molecule has 0 fully saturated rings. The van der Waals surface area contributed by atoms with Gasteiger partial charge in [-0.2, -0.15) is 0 Å². The van der Waals surface area contributed by atoms with E-state index in [1.165, 1.54) is 30.3 Å². The van der Waals surface area contributed by atoms with Crippen molar-refractivity contribution in [3.05, 3.63) is 89.5 Å². The Morgan fingerprint density at radius 1 is 0.903 bits per heavy atom. The van der Waals surface area contributed by atoms with Gasteiger partial charge in [-0.1, -0.05) is 30.3 Å². The summed E-state index contributed by atoms with van der Waals surface area (Å²) in [5.74, 6) is -0.987.